The van der Waals surface area contributed by atoms with Gasteiger partial charge >= 0.3 is 0 Å². The van der Waals surface area contributed by atoms with Crippen LogP contribution in [0, 0.1) is 0 Å². The predicted octanol–water partition coefficient (Wildman–Crippen LogP) is 10.4. The highest BCUT2D eigenvalue weighted by Crippen LogP contribution is 2.54. The number of hydrogen-bond donors (Lipinski definition) is 1. The van der Waals surface area contributed by atoms with E-state index < -0.39 is 5.54 Å². The van der Waals surface area contributed by atoms with Gasteiger partial charge in [-0.2, -0.15) is 0 Å². The molecule has 0 amide bonds. The van der Waals surface area contributed by atoms with Crippen LogP contribution in [0.15, 0.2) is 176 Å². The van der Waals surface area contributed by atoms with Crippen LogP contribution in [0.4, 0.5) is 0 Å². The standard InChI is InChI=1S/C42H32Cl2N4/c43-36-27-15-13-25-34(36)40-45-38(30-17-5-1-6-18-30)29-47(40)48-41(35-26-14-16-28-37(35)44)46-39(31-19-7-2-8-20-31)42(48,32-21-9-3-10-22-32)33-23-11-4-12-24-33/h1-29,39,41,46H. The van der Waals surface area contributed by atoms with E-state index in [2.05, 4.69) is 130 Å². The molecule has 2 heterocycles. The largest absolute Gasteiger partial charge is 0.282 e. The van der Waals surface area contributed by atoms with Gasteiger partial charge in [0.2, 0.25) is 0 Å². The Morgan fingerprint density at radius 2 is 1.08 bits per heavy atom. The molecule has 48 heavy (non-hydrogen) atoms. The fraction of sp³-hybridized carbons (Fsp3) is 0.0714. The van der Waals surface area contributed by atoms with Crippen LogP contribution in [0.2, 0.25) is 10.0 Å². The van der Waals surface area contributed by atoms with Crippen molar-refractivity contribution in [3.63, 3.8) is 0 Å². The van der Waals surface area contributed by atoms with Crippen LogP contribution in [0.3, 0.4) is 0 Å². The number of benzene rings is 6. The van der Waals surface area contributed by atoms with E-state index in [1.807, 2.05) is 60.7 Å². The van der Waals surface area contributed by atoms with Gasteiger partial charge in [-0.15, -0.1) is 0 Å². The summed E-state index contributed by atoms with van der Waals surface area (Å²) in [5, 5.41) is 7.82. The molecule has 1 fully saturated rings. The van der Waals surface area contributed by atoms with E-state index in [0.717, 1.165) is 44.9 Å². The zero-order valence-electron chi connectivity index (χ0n) is 26.0. The van der Waals surface area contributed by atoms with Crippen LogP contribution in [-0.4, -0.2) is 9.66 Å². The number of nitrogens with one attached hydrogen (secondary N) is 1. The topological polar surface area (TPSA) is 33.1 Å². The zero-order valence-corrected chi connectivity index (χ0v) is 27.5. The van der Waals surface area contributed by atoms with Gasteiger partial charge in [0.1, 0.15) is 11.7 Å². The summed E-state index contributed by atoms with van der Waals surface area (Å²) in [6.07, 6.45) is 1.75. The highest BCUT2D eigenvalue weighted by molar-refractivity contribution is 6.33. The maximum atomic E-state index is 7.11. The third kappa shape index (κ3) is 5.10. The maximum Gasteiger partial charge on any atom is 0.160 e. The Balaban J connectivity index is 1.52. The quantitative estimate of drug-likeness (QED) is 0.184. The van der Waals surface area contributed by atoms with Gasteiger partial charge in [-0.25, -0.2) is 9.66 Å². The lowest BCUT2D eigenvalue weighted by atomic mass is 9.75. The third-order valence-corrected chi connectivity index (χ3v) is 9.89. The van der Waals surface area contributed by atoms with Crippen molar-refractivity contribution in [1.29, 1.82) is 0 Å². The lowest BCUT2D eigenvalue weighted by Gasteiger charge is -2.46. The van der Waals surface area contributed by atoms with Gasteiger partial charge < -0.3 is 0 Å². The lowest BCUT2D eigenvalue weighted by Crippen LogP contribution is -2.52. The molecule has 8 rings (SSSR count). The van der Waals surface area contributed by atoms with Gasteiger partial charge in [-0.1, -0.05) is 175 Å². The fourth-order valence-electron chi connectivity index (χ4n) is 7.14. The van der Waals surface area contributed by atoms with Crippen LogP contribution in [-0.2, 0) is 5.54 Å². The van der Waals surface area contributed by atoms with Crippen molar-refractivity contribution >= 4 is 23.2 Å². The number of hydrogen-bond acceptors (Lipinski definition) is 3. The Labute approximate surface area is 290 Å². The van der Waals surface area contributed by atoms with E-state index in [4.69, 9.17) is 28.2 Å². The SMILES string of the molecule is Clc1ccccc1-c1nc(-c2ccccc2)cn1N1C(c2ccccc2Cl)NC(c2ccccc2)C1(c1ccccc1)c1ccccc1. The monoisotopic (exact) mass is 662 g/mol. The van der Waals surface area contributed by atoms with Crippen LogP contribution in [0.5, 0.6) is 0 Å². The van der Waals surface area contributed by atoms with Gasteiger partial charge in [-0.05, 0) is 34.9 Å². The van der Waals surface area contributed by atoms with E-state index in [1.54, 1.807) is 0 Å². The first kappa shape index (κ1) is 30.2. The molecular formula is C42H32Cl2N4. The second kappa shape index (κ2) is 12.8. The van der Waals surface area contributed by atoms with E-state index in [1.165, 1.54) is 0 Å². The zero-order chi connectivity index (χ0) is 32.5. The summed E-state index contributed by atoms with van der Waals surface area (Å²) in [5.41, 5.74) is 6.22. The number of aromatic nitrogens is 2. The van der Waals surface area contributed by atoms with Crippen molar-refractivity contribution < 1.29 is 0 Å². The average Bonchev–Trinajstić information content (AvgIpc) is 3.74. The summed E-state index contributed by atoms with van der Waals surface area (Å²) in [6, 6.07) is 58.2. The molecule has 4 nitrogen and oxygen atoms in total. The van der Waals surface area contributed by atoms with Crippen LogP contribution in [0.25, 0.3) is 22.6 Å². The Morgan fingerprint density at radius 3 is 1.69 bits per heavy atom. The maximum absolute atomic E-state index is 7.11. The minimum absolute atomic E-state index is 0.216. The molecular weight excluding hydrogens is 631 g/mol. The number of nitrogens with zero attached hydrogens (tertiary/aromatic N) is 3. The molecule has 1 aliphatic rings. The first-order chi connectivity index (χ1) is 23.7. The minimum atomic E-state index is -0.793. The summed E-state index contributed by atoms with van der Waals surface area (Å²) in [4.78, 5) is 5.33. The Bertz CT molecular complexity index is 2110. The Kier molecular flexibility index (Phi) is 8.07. The lowest BCUT2D eigenvalue weighted by molar-refractivity contribution is 0.384. The van der Waals surface area contributed by atoms with Crippen molar-refractivity contribution in [3.05, 3.63) is 208 Å². The third-order valence-electron chi connectivity index (χ3n) is 9.21. The van der Waals surface area contributed by atoms with Crippen LogP contribution >= 0.6 is 23.2 Å². The van der Waals surface area contributed by atoms with Gasteiger partial charge in [-0.3, -0.25) is 10.3 Å². The Morgan fingerprint density at radius 1 is 0.562 bits per heavy atom. The smallest absolute Gasteiger partial charge is 0.160 e. The molecule has 0 radical (unpaired) electrons. The van der Waals surface area contributed by atoms with Crippen molar-refractivity contribution in [2.24, 2.45) is 0 Å². The average molecular weight is 664 g/mol. The molecule has 0 saturated carbocycles. The molecule has 1 aliphatic heterocycles. The van der Waals surface area contributed by atoms with Crippen molar-refractivity contribution in [2.75, 3.05) is 5.01 Å². The van der Waals surface area contributed by atoms with Crippen LogP contribution in [0.1, 0.15) is 34.5 Å². The van der Waals surface area contributed by atoms with E-state index in [9.17, 15) is 0 Å². The van der Waals surface area contributed by atoms with Gasteiger partial charge in [0.05, 0.1) is 23.0 Å². The molecule has 7 aromatic rings. The van der Waals surface area contributed by atoms with Gasteiger partial charge in [0.15, 0.2) is 5.82 Å². The summed E-state index contributed by atoms with van der Waals surface area (Å²) in [7, 11) is 0. The van der Waals surface area contributed by atoms with Crippen molar-refractivity contribution in [2.45, 2.75) is 17.7 Å². The van der Waals surface area contributed by atoms with E-state index >= 15 is 0 Å². The molecule has 0 spiro atoms. The second-order valence-corrected chi connectivity index (χ2v) is 12.7. The molecule has 2 unspecified atom stereocenters. The van der Waals surface area contributed by atoms with Crippen molar-refractivity contribution in [3.8, 4) is 22.6 Å². The molecule has 1 N–H and O–H groups in total. The van der Waals surface area contributed by atoms with E-state index in [-0.39, 0.29) is 12.2 Å². The number of rotatable bonds is 7. The summed E-state index contributed by atoms with van der Waals surface area (Å²) in [6.45, 7) is 0. The summed E-state index contributed by atoms with van der Waals surface area (Å²) >= 11 is 14.1. The molecule has 1 saturated heterocycles. The molecule has 6 heteroatoms. The normalized spacial score (nSPS) is 17.0. The molecule has 2 atom stereocenters. The second-order valence-electron chi connectivity index (χ2n) is 11.9. The predicted molar refractivity (Wildman–Crippen MR) is 197 cm³/mol. The molecule has 1 aromatic heterocycles. The molecule has 0 bridgehead atoms. The number of imidazole rings is 1. The first-order valence-corrected chi connectivity index (χ1v) is 16.8. The summed E-state index contributed by atoms with van der Waals surface area (Å²) < 4.78 is 2.20. The van der Waals surface area contributed by atoms with Crippen molar-refractivity contribution in [1.82, 2.24) is 15.0 Å². The van der Waals surface area contributed by atoms with Gasteiger partial charge in [0.25, 0.3) is 0 Å². The first-order valence-electron chi connectivity index (χ1n) is 16.0. The fourth-order valence-corrected chi connectivity index (χ4v) is 7.60. The molecule has 6 aromatic carbocycles. The highest BCUT2D eigenvalue weighted by Gasteiger charge is 2.57. The minimum Gasteiger partial charge on any atom is -0.282 e. The van der Waals surface area contributed by atoms with Crippen LogP contribution < -0.4 is 10.3 Å². The summed E-state index contributed by atoms with van der Waals surface area (Å²) in [5.74, 6) is 0.725. The molecule has 234 valence electrons. The highest BCUT2D eigenvalue weighted by atomic mass is 35.5. The number of halogens is 2. The van der Waals surface area contributed by atoms with Gasteiger partial charge in [0, 0.05) is 21.7 Å². The van der Waals surface area contributed by atoms with E-state index in [0.29, 0.717) is 10.0 Å². The molecule has 0 aliphatic carbocycles. The Hall–Kier alpha value is -5.13.